The molecule has 0 aromatic heterocycles. The molecule has 0 unspecified atom stereocenters. The summed E-state index contributed by atoms with van der Waals surface area (Å²) in [5.74, 6) is -0.412. The maximum atomic E-state index is 12.9. The van der Waals surface area contributed by atoms with Crippen LogP contribution in [0, 0.1) is 12.7 Å². The molecular formula is C15H17FN2O2S. The molecule has 0 atom stereocenters. The average Bonchev–Trinajstić information content (AvgIpc) is 2.43. The highest BCUT2D eigenvalue weighted by Crippen LogP contribution is 2.21. The lowest BCUT2D eigenvalue weighted by molar-refractivity contribution is 0.600. The van der Waals surface area contributed by atoms with Crippen LogP contribution in [-0.4, -0.2) is 15.5 Å². The second-order valence-corrected chi connectivity index (χ2v) is 6.39. The number of aryl methyl sites for hydroxylation is 1. The van der Waals surface area contributed by atoms with Crippen LogP contribution in [0.15, 0.2) is 47.4 Å². The molecule has 0 spiro atoms. The van der Waals surface area contributed by atoms with E-state index in [2.05, 4.69) is 10.0 Å². The first-order chi connectivity index (χ1) is 9.92. The third kappa shape index (κ3) is 3.80. The lowest BCUT2D eigenvalue weighted by Crippen LogP contribution is -2.15. The van der Waals surface area contributed by atoms with Gasteiger partial charge in [0, 0.05) is 12.2 Å². The Labute approximate surface area is 124 Å². The summed E-state index contributed by atoms with van der Waals surface area (Å²) < 4.78 is 40.2. The van der Waals surface area contributed by atoms with Gasteiger partial charge in [-0.3, -0.25) is 4.72 Å². The van der Waals surface area contributed by atoms with Gasteiger partial charge in [-0.1, -0.05) is 12.1 Å². The molecule has 0 bridgehead atoms. The van der Waals surface area contributed by atoms with Crippen molar-refractivity contribution < 1.29 is 12.8 Å². The van der Waals surface area contributed by atoms with Crippen LogP contribution in [0.3, 0.4) is 0 Å². The molecule has 0 aliphatic heterocycles. The lowest BCUT2D eigenvalue weighted by atomic mass is 10.1. The van der Waals surface area contributed by atoms with Gasteiger partial charge >= 0.3 is 0 Å². The number of hydrogen-bond donors (Lipinski definition) is 2. The van der Waals surface area contributed by atoms with Crippen LogP contribution < -0.4 is 10.0 Å². The second kappa shape index (κ2) is 6.24. The van der Waals surface area contributed by atoms with Gasteiger partial charge in [0.2, 0.25) is 0 Å². The topological polar surface area (TPSA) is 58.2 Å². The Hall–Kier alpha value is -1.92. The standard InChI is InChI=1S/C15H17FN2O2S/c1-11-3-4-12(10-17-2)9-15(11)21(19,20)18-14-7-5-13(16)6-8-14/h3-9,17-18H,10H2,1-2H3. The first-order valence-electron chi connectivity index (χ1n) is 6.45. The number of sulfonamides is 1. The highest BCUT2D eigenvalue weighted by Gasteiger charge is 2.17. The van der Waals surface area contributed by atoms with Crippen molar-refractivity contribution in [3.05, 3.63) is 59.4 Å². The normalized spacial score (nSPS) is 11.4. The summed E-state index contributed by atoms with van der Waals surface area (Å²) in [7, 11) is -1.90. The molecule has 4 nitrogen and oxygen atoms in total. The molecule has 6 heteroatoms. The van der Waals surface area contributed by atoms with Gasteiger partial charge in [-0.05, 0) is 55.4 Å². The summed E-state index contributed by atoms with van der Waals surface area (Å²) in [5, 5.41) is 2.98. The predicted octanol–water partition coefficient (Wildman–Crippen LogP) is 2.65. The number of hydrogen-bond acceptors (Lipinski definition) is 3. The maximum absolute atomic E-state index is 12.9. The van der Waals surface area contributed by atoms with Gasteiger partial charge in [0.1, 0.15) is 5.82 Å². The Bertz CT molecular complexity index is 728. The molecule has 0 radical (unpaired) electrons. The van der Waals surface area contributed by atoms with Gasteiger partial charge in [0.05, 0.1) is 4.90 Å². The Balaban J connectivity index is 2.34. The number of benzene rings is 2. The lowest BCUT2D eigenvalue weighted by Gasteiger charge is -2.12. The Morgan fingerprint density at radius 2 is 1.76 bits per heavy atom. The number of nitrogens with one attached hydrogen (secondary N) is 2. The number of rotatable bonds is 5. The van der Waals surface area contributed by atoms with Crippen molar-refractivity contribution in [3.8, 4) is 0 Å². The van der Waals surface area contributed by atoms with E-state index in [0.29, 0.717) is 17.8 Å². The van der Waals surface area contributed by atoms with Crippen molar-refractivity contribution in [3.63, 3.8) is 0 Å². The average molecular weight is 308 g/mol. The van der Waals surface area contributed by atoms with Gasteiger partial charge in [0.15, 0.2) is 0 Å². The molecule has 0 saturated carbocycles. The fraction of sp³-hybridized carbons (Fsp3) is 0.200. The largest absolute Gasteiger partial charge is 0.316 e. The van der Waals surface area contributed by atoms with Crippen molar-refractivity contribution in [2.45, 2.75) is 18.4 Å². The molecule has 2 N–H and O–H groups in total. The summed E-state index contributed by atoms with van der Waals surface area (Å²) >= 11 is 0. The van der Waals surface area contributed by atoms with Crippen LogP contribution in [0.1, 0.15) is 11.1 Å². The van der Waals surface area contributed by atoms with Crippen molar-refractivity contribution in [1.29, 1.82) is 0 Å². The van der Waals surface area contributed by atoms with E-state index in [1.807, 2.05) is 6.07 Å². The number of halogens is 1. The van der Waals surface area contributed by atoms with E-state index in [-0.39, 0.29) is 4.90 Å². The molecular weight excluding hydrogens is 291 g/mol. The summed E-state index contributed by atoms with van der Waals surface area (Å²) in [5.41, 5.74) is 1.86. The van der Waals surface area contributed by atoms with E-state index in [4.69, 9.17) is 0 Å². The molecule has 0 amide bonds. The van der Waals surface area contributed by atoms with E-state index >= 15 is 0 Å². The third-order valence-corrected chi connectivity index (χ3v) is 4.54. The Morgan fingerprint density at radius 3 is 2.38 bits per heavy atom. The summed E-state index contributed by atoms with van der Waals surface area (Å²) in [6.07, 6.45) is 0. The Kier molecular flexibility index (Phi) is 4.59. The van der Waals surface area contributed by atoms with Crippen LogP contribution in [0.4, 0.5) is 10.1 Å². The molecule has 2 aromatic carbocycles. The molecule has 0 saturated heterocycles. The van der Waals surface area contributed by atoms with E-state index in [1.54, 1.807) is 26.1 Å². The van der Waals surface area contributed by atoms with Crippen molar-refractivity contribution in [2.24, 2.45) is 0 Å². The zero-order chi connectivity index (χ0) is 15.5. The van der Waals surface area contributed by atoms with Crippen LogP contribution >= 0.6 is 0 Å². The summed E-state index contributed by atoms with van der Waals surface area (Å²) in [6.45, 7) is 2.32. The highest BCUT2D eigenvalue weighted by atomic mass is 32.2. The third-order valence-electron chi connectivity index (χ3n) is 3.02. The molecule has 2 rings (SSSR count). The van der Waals surface area contributed by atoms with E-state index < -0.39 is 15.8 Å². The van der Waals surface area contributed by atoms with Gasteiger partial charge in [-0.25, -0.2) is 12.8 Å². The van der Waals surface area contributed by atoms with Crippen LogP contribution in [0.5, 0.6) is 0 Å². The van der Waals surface area contributed by atoms with E-state index in [1.165, 1.54) is 24.3 Å². The minimum Gasteiger partial charge on any atom is -0.316 e. The molecule has 21 heavy (non-hydrogen) atoms. The summed E-state index contributed by atoms with van der Waals surface area (Å²) in [4.78, 5) is 0.222. The minimum absolute atomic E-state index is 0.222. The summed E-state index contributed by atoms with van der Waals surface area (Å²) in [6, 6.07) is 10.5. The molecule has 0 aliphatic carbocycles. The number of anilines is 1. The van der Waals surface area contributed by atoms with Crippen molar-refractivity contribution in [1.82, 2.24) is 5.32 Å². The molecule has 2 aromatic rings. The minimum atomic E-state index is -3.70. The van der Waals surface area contributed by atoms with Crippen LogP contribution in [-0.2, 0) is 16.6 Å². The maximum Gasteiger partial charge on any atom is 0.262 e. The quantitative estimate of drug-likeness (QED) is 0.893. The Morgan fingerprint density at radius 1 is 1.10 bits per heavy atom. The smallest absolute Gasteiger partial charge is 0.262 e. The van der Waals surface area contributed by atoms with E-state index in [9.17, 15) is 12.8 Å². The van der Waals surface area contributed by atoms with E-state index in [0.717, 1.165) is 5.56 Å². The van der Waals surface area contributed by atoms with Crippen molar-refractivity contribution in [2.75, 3.05) is 11.8 Å². The monoisotopic (exact) mass is 308 g/mol. The highest BCUT2D eigenvalue weighted by molar-refractivity contribution is 7.92. The van der Waals surface area contributed by atoms with Gasteiger partial charge in [0.25, 0.3) is 10.0 Å². The zero-order valence-electron chi connectivity index (χ0n) is 11.9. The van der Waals surface area contributed by atoms with Gasteiger partial charge < -0.3 is 5.32 Å². The first kappa shape index (κ1) is 15.5. The van der Waals surface area contributed by atoms with Gasteiger partial charge in [-0.2, -0.15) is 0 Å². The fourth-order valence-electron chi connectivity index (χ4n) is 1.98. The molecule has 112 valence electrons. The van der Waals surface area contributed by atoms with Gasteiger partial charge in [-0.15, -0.1) is 0 Å². The second-order valence-electron chi connectivity index (χ2n) is 4.74. The first-order valence-corrected chi connectivity index (χ1v) is 7.93. The van der Waals surface area contributed by atoms with Crippen LogP contribution in [0.2, 0.25) is 0 Å². The molecule has 0 heterocycles. The zero-order valence-corrected chi connectivity index (χ0v) is 12.7. The SMILES string of the molecule is CNCc1ccc(C)c(S(=O)(=O)Nc2ccc(F)cc2)c1. The van der Waals surface area contributed by atoms with Crippen LogP contribution in [0.25, 0.3) is 0 Å². The molecule has 0 fully saturated rings. The van der Waals surface area contributed by atoms with Crippen molar-refractivity contribution >= 4 is 15.7 Å². The molecule has 0 aliphatic rings. The fourth-order valence-corrected chi connectivity index (χ4v) is 3.33. The predicted molar refractivity (Wildman–Crippen MR) is 81.2 cm³/mol.